The minimum Gasteiger partial charge on any atom is -0.494 e. The van der Waals surface area contributed by atoms with E-state index in [1.807, 2.05) is 44.2 Å². The molecule has 0 amide bonds. The summed E-state index contributed by atoms with van der Waals surface area (Å²) in [5.41, 5.74) is 3.86. The van der Waals surface area contributed by atoms with Crippen LogP contribution in [-0.4, -0.2) is 68.0 Å². The molecule has 2 fully saturated rings. The molecule has 0 spiro atoms. The summed E-state index contributed by atoms with van der Waals surface area (Å²) in [5, 5.41) is 12.6. The number of aliphatic imine (C=N–C) groups is 1. The first kappa shape index (κ1) is 29.1. The number of nitrogens with zero attached hydrogens (tertiary/aromatic N) is 4. The Hall–Kier alpha value is -3.99. The Balaban J connectivity index is 1.51. The van der Waals surface area contributed by atoms with Crippen molar-refractivity contribution in [1.29, 1.82) is 0 Å². The Bertz CT molecular complexity index is 1870. The van der Waals surface area contributed by atoms with E-state index < -0.39 is 10.0 Å². The van der Waals surface area contributed by atoms with Gasteiger partial charge in [-0.25, -0.2) is 13.0 Å². The maximum atomic E-state index is 13.7. The molecule has 0 radical (unpaired) electrons. The number of fused-ring (bicyclic) bond motifs is 1. The molecule has 2 aliphatic heterocycles. The molecule has 2 saturated heterocycles. The summed E-state index contributed by atoms with van der Waals surface area (Å²) in [6, 6.07) is 17.9. The number of ether oxygens (including phenoxy) is 1. The van der Waals surface area contributed by atoms with Crippen molar-refractivity contribution in [2.45, 2.75) is 38.0 Å². The molecule has 224 valence electrons. The number of piperidine rings is 1. The zero-order chi connectivity index (χ0) is 30.1. The molecule has 0 unspecified atom stereocenters. The fourth-order valence-electron chi connectivity index (χ4n) is 6.01. The van der Waals surface area contributed by atoms with Gasteiger partial charge >= 0.3 is 0 Å². The van der Waals surface area contributed by atoms with Crippen LogP contribution in [0.25, 0.3) is 16.5 Å². The van der Waals surface area contributed by atoms with Gasteiger partial charge in [0.25, 0.3) is 5.56 Å². The number of pyridine rings is 1. The lowest BCUT2D eigenvalue weighted by Crippen LogP contribution is -2.40. The van der Waals surface area contributed by atoms with Crippen molar-refractivity contribution in [1.82, 2.24) is 8.87 Å². The molecule has 2 aliphatic rings. The number of aromatic nitrogens is 1. The molecule has 6 rings (SSSR count). The van der Waals surface area contributed by atoms with E-state index in [9.17, 15) is 18.3 Å². The highest BCUT2D eigenvalue weighted by Crippen LogP contribution is 2.35. The van der Waals surface area contributed by atoms with Crippen molar-refractivity contribution < 1.29 is 18.3 Å². The van der Waals surface area contributed by atoms with Gasteiger partial charge < -0.3 is 14.7 Å². The largest absolute Gasteiger partial charge is 0.494 e. The average molecular weight is 601 g/mol. The maximum Gasteiger partial charge on any atom is 0.265 e. The molecule has 3 heterocycles. The number of morpholine rings is 1. The first-order valence-corrected chi connectivity index (χ1v) is 16.1. The van der Waals surface area contributed by atoms with Gasteiger partial charge in [-0.05, 0) is 69.0 Å². The lowest BCUT2D eigenvalue weighted by molar-refractivity contribution is 0.0730. The molecule has 10 heteroatoms. The summed E-state index contributed by atoms with van der Waals surface area (Å²) >= 11 is 0. The van der Waals surface area contributed by atoms with Crippen molar-refractivity contribution in [3.05, 3.63) is 87.7 Å². The maximum absolute atomic E-state index is 13.7. The SMILES string of the molecule is Cc1ccc(-n2c(O)c(C=Nc3cc(S(=O)(=O)N4CCOCC4)ccc3N3CCCCC3)c3ccccc3c2=O)c(C)c1. The van der Waals surface area contributed by atoms with Gasteiger partial charge in [-0.1, -0.05) is 35.9 Å². The summed E-state index contributed by atoms with van der Waals surface area (Å²) in [6.45, 7) is 6.90. The smallest absolute Gasteiger partial charge is 0.265 e. The first-order chi connectivity index (χ1) is 20.8. The van der Waals surface area contributed by atoms with Crippen molar-refractivity contribution in [3.63, 3.8) is 0 Å². The highest BCUT2D eigenvalue weighted by atomic mass is 32.2. The van der Waals surface area contributed by atoms with Crippen LogP contribution in [0.2, 0.25) is 0 Å². The Morgan fingerprint density at radius 3 is 2.28 bits per heavy atom. The minimum absolute atomic E-state index is 0.164. The van der Waals surface area contributed by atoms with Gasteiger partial charge in [0, 0.05) is 43.2 Å². The summed E-state index contributed by atoms with van der Waals surface area (Å²) < 4.78 is 35.2. The predicted molar refractivity (Wildman–Crippen MR) is 170 cm³/mol. The van der Waals surface area contributed by atoms with Gasteiger partial charge in [-0.2, -0.15) is 4.31 Å². The van der Waals surface area contributed by atoms with Crippen LogP contribution in [0.3, 0.4) is 0 Å². The molecule has 43 heavy (non-hydrogen) atoms. The number of hydrogen-bond acceptors (Lipinski definition) is 7. The molecule has 0 saturated carbocycles. The summed E-state index contributed by atoms with van der Waals surface area (Å²) in [6.07, 6.45) is 4.79. The summed E-state index contributed by atoms with van der Waals surface area (Å²) in [7, 11) is -3.75. The molecule has 1 N–H and O–H groups in total. The molecule has 0 atom stereocenters. The van der Waals surface area contributed by atoms with E-state index in [0.29, 0.717) is 54.0 Å². The molecule has 0 aliphatic carbocycles. The summed E-state index contributed by atoms with van der Waals surface area (Å²) in [5.74, 6) is -0.226. The average Bonchev–Trinajstić information content (AvgIpc) is 3.03. The van der Waals surface area contributed by atoms with E-state index in [2.05, 4.69) is 4.90 Å². The second-order valence-corrected chi connectivity index (χ2v) is 13.1. The predicted octanol–water partition coefficient (Wildman–Crippen LogP) is 5.07. The van der Waals surface area contributed by atoms with Crippen LogP contribution in [0.4, 0.5) is 11.4 Å². The van der Waals surface area contributed by atoms with Crippen LogP contribution in [0.5, 0.6) is 5.88 Å². The molecule has 0 bridgehead atoms. The van der Waals surface area contributed by atoms with E-state index in [4.69, 9.17) is 9.73 Å². The Kier molecular flexibility index (Phi) is 8.09. The number of rotatable bonds is 6. The summed E-state index contributed by atoms with van der Waals surface area (Å²) in [4.78, 5) is 20.9. The number of sulfonamides is 1. The van der Waals surface area contributed by atoms with Gasteiger partial charge in [-0.15, -0.1) is 0 Å². The molecule has 4 aromatic rings. The quantitative estimate of drug-likeness (QED) is 0.310. The molecular formula is C33H36N4O5S. The normalized spacial score (nSPS) is 16.7. The Labute approximate surface area is 251 Å². The van der Waals surface area contributed by atoms with Gasteiger partial charge in [0.15, 0.2) is 0 Å². The number of benzene rings is 3. The number of aromatic hydroxyl groups is 1. The fraction of sp³-hybridized carbons (Fsp3) is 0.333. The Morgan fingerprint density at radius 2 is 1.56 bits per heavy atom. The fourth-order valence-corrected chi connectivity index (χ4v) is 7.44. The van der Waals surface area contributed by atoms with Crippen LogP contribution in [0, 0.1) is 13.8 Å². The second-order valence-electron chi connectivity index (χ2n) is 11.2. The van der Waals surface area contributed by atoms with E-state index in [0.717, 1.165) is 49.2 Å². The highest BCUT2D eigenvalue weighted by molar-refractivity contribution is 7.89. The second kappa shape index (κ2) is 11.9. The molecule has 9 nitrogen and oxygen atoms in total. The Morgan fingerprint density at radius 1 is 0.860 bits per heavy atom. The standard InChI is InChI=1S/C33H36N4O5S/c1-23-10-12-30(24(2)20-23)37-32(38)27-9-5-4-8-26(27)28(33(37)39)22-34-29-21-25(43(40,41)36-16-18-42-19-17-36)11-13-31(29)35-14-6-3-7-15-35/h4-5,8-13,20-22,39H,3,6-7,14-19H2,1-2H3. The number of aryl methyl sites for hydroxylation is 2. The van der Waals surface area contributed by atoms with Crippen LogP contribution in [0.1, 0.15) is 36.0 Å². The lowest BCUT2D eigenvalue weighted by Gasteiger charge is -2.30. The van der Waals surface area contributed by atoms with Crippen LogP contribution < -0.4 is 10.5 Å². The third kappa shape index (κ3) is 5.58. The molecule has 1 aromatic heterocycles. The zero-order valence-corrected chi connectivity index (χ0v) is 25.3. The van der Waals surface area contributed by atoms with E-state index in [1.165, 1.54) is 8.87 Å². The number of anilines is 1. The van der Waals surface area contributed by atoms with Gasteiger partial charge in [0.1, 0.15) is 0 Å². The first-order valence-electron chi connectivity index (χ1n) is 14.7. The topological polar surface area (TPSA) is 104 Å². The van der Waals surface area contributed by atoms with Crippen molar-refractivity contribution >= 4 is 38.4 Å². The van der Waals surface area contributed by atoms with E-state index >= 15 is 0 Å². The third-order valence-electron chi connectivity index (χ3n) is 8.28. The highest BCUT2D eigenvalue weighted by Gasteiger charge is 2.28. The van der Waals surface area contributed by atoms with Gasteiger partial charge in [0.05, 0.1) is 40.7 Å². The van der Waals surface area contributed by atoms with Gasteiger partial charge in [-0.3, -0.25) is 9.79 Å². The minimum atomic E-state index is -3.75. The number of hydrogen-bond donors (Lipinski definition) is 1. The molecule has 3 aromatic carbocycles. The van der Waals surface area contributed by atoms with Crippen LogP contribution in [-0.2, 0) is 14.8 Å². The van der Waals surface area contributed by atoms with E-state index in [1.54, 1.807) is 36.5 Å². The third-order valence-corrected chi connectivity index (χ3v) is 10.2. The monoisotopic (exact) mass is 600 g/mol. The van der Waals surface area contributed by atoms with Crippen LogP contribution >= 0.6 is 0 Å². The van der Waals surface area contributed by atoms with Crippen LogP contribution in [0.15, 0.2) is 75.3 Å². The van der Waals surface area contributed by atoms with Crippen molar-refractivity contribution in [3.8, 4) is 11.6 Å². The lowest BCUT2D eigenvalue weighted by atomic mass is 10.1. The van der Waals surface area contributed by atoms with Crippen molar-refractivity contribution in [2.75, 3.05) is 44.3 Å². The zero-order valence-electron chi connectivity index (χ0n) is 24.5. The molecular weight excluding hydrogens is 564 g/mol. The van der Waals surface area contributed by atoms with Gasteiger partial charge in [0.2, 0.25) is 15.9 Å². The van der Waals surface area contributed by atoms with E-state index in [-0.39, 0.29) is 16.3 Å². The van der Waals surface area contributed by atoms with Crippen molar-refractivity contribution in [2.24, 2.45) is 4.99 Å².